The molecule has 1 aliphatic heterocycles. The monoisotopic (exact) mass is 319 g/mol. The summed E-state index contributed by atoms with van der Waals surface area (Å²) in [6.07, 6.45) is 1.88. The molecule has 1 aliphatic rings. The van der Waals surface area contributed by atoms with Crippen molar-refractivity contribution in [3.05, 3.63) is 35.9 Å². The summed E-state index contributed by atoms with van der Waals surface area (Å²) in [7, 11) is 0. The summed E-state index contributed by atoms with van der Waals surface area (Å²) in [4.78, 5) is 34.9. The summed E-state index contributed by atoms with van der Waals surface area (Å²) in [6, 6.07) is 7.78. The first kappa shape index (κ1) is 17.0. The zero-order valence-electron chi connectivity index (χ0n) is 12.7. The Labute approximate surface area is 134 Å². The lowest BCUT2D eigenvalue weighted by molar-refractivity contribution is -0.141. The Morgan fingerprint density at radius 3 is 2.61 bits per heavy atom. The van der Waals surface area contributed by atoms with E-state index in [1.54, 1.807) is 12.1 Å². The zero-order chi connectivity index (χ0) is 16.7. The van der Waals surface area contributed by atoms with Crippen LogP contribution in [0.25, 0.3) is 0 Å². The van der Waals surface area contributed by atoms with Crippen LogP contribution in [0.3, 0.4) is 0 Å². The van der Waals surface area contributed by atoms with Gasteiger partial charge in [0.05, 0.1) is 12.6 Å². The van der Waals surface area contributed by atoms with Crippen LogP contribution in [0.2, 0.25) is 0 Å². The van der Waals surface area contributed by atoms with Gasteiger partial charge < -0.3 is 21.1 Å². The quantitative estimate of drug-likeness (QED) is 0.550. The van der Waals surface area contributed by atoms with Gasteiger partial charge in [-0.05, 0) is 24.9 Å². The molecule has 1 fully saturated rings. The van der Waals surface area contributed by atoms with Crippen LogP contribution in [-0.4, -0.2) is 48.1 Å². The Bertz CT molecular complexity index is 556. The average Bonchev–Trinajstić information content (AvgIpc) is 3.07. The van der Waals surface area contributed by atoms with Crippen molar-refractivity contribution in [1.29, 1.82) is 0 Å². The first-order valence-corrected chi connectivity index (χ1v) is 7.63. The number of benzene rings is 1. The van der Waals surface area contributed by atoms with E-state index in [2.05, 4.69) is 16.0 Å². The summed E-state index contributed by atoms with van der Waals surface area (Å²) < 4.78 is 0. The second kappa shape index (κ2) is 8.28. The number of nitrogens with one attached hydrogen (secondary N) is 3. The topological polar surface area (TPSA) is 108 Å². The van der Waals surface area contributed by atoms with Gasteiger partial charge in [0.1, 0.15) is 6.04 Å². The molecule has 0 aromatic heterocycles. The molecular formula is C16H21N3O4. The highest BCUT2D eigenvalue weighted by Gasteiger charge is 2.24. The number of amides is 2. The lowest BCUT2D eigenvalue weighted by Crippen LogP contribution is -2.49. The molecule has 0 spiro atoms. The predicted molar refractivity (Wildman–Crippen MR) is 83.7 cm³/mol. The minimum Gasteiger partial charge on any atom is -0.480 e. The average molecular weight is 319 g/mol. The third-order valence-electron chi connectivity index (χ3n) is 3.72. The van der Waals surface area contributed by atoms with Crippen molar-refractivity contribution in [2.24, 2.45) is 0 Å². The highest BCUT2D eigenvalue weighted by molar-refractivity contribution is 5.89. The first-order chi connectivity index (χ1) is 11.1. The molecule has 0 saturated carbocycles. The van der Waals surface area contributed by atoms with Crippen molar-refractivity contribution in [3.63, 3.8) is 0 Å². The second-order valence-electron chi connectivity index (χ2n) is 5.51. The molecule has 1 aromatic carbocycles. The molecule has 2 amide bonds. The van der Waals surface area contributed by atoms with Crippen LogP contribution in [0.15, 0.2) is 30.3 Å². The molecule has 7 heteroatoms. The van der Waals surface area contributed by atoms with Gasteiger partial charge in [-0.2, -0.15) is 0 Å². The fourth-order valence-electron chi connectivity index (χ4n) is 2.49. The standard InChI is InChI=1S/C16H21N3O4/c20-14(10-18-15(21)12-7-4-8-17-12)19-13(16(22)23)9-11-5-2-1-3-6-11/h1-3,5-6,12-13,17H,4,7-10H2,(H,18,21)(H,19,20)(H,22,23)/t12-,13-/m0/s1. The summed E-state index contributed by atoms with van der Waals surface area (Å²) >= 11 is 0. The Morgan fingerprint density at radius 1 is 1.26 bits per heavy atom. The van der Waals surface area contributed by atoms with Gasteiger partial charge in [0.15, 0.2) is 0 Å². The Hall–Kier alpha value is -2.41. The van der Waals surface area contributed by atoms with E-state index < -0.39 is 17.9 Å². The zero-order valence-corrected chi connectivity index (χ0v) is 12.7. The van der Waals surface area contributed by atoms with Crippen LogP contribution in [0.4, 0.5) is 0 Å². The number of hydrogen-bond donors (Lipinski definition) is 4. The maximum Gasteiger partial charge on any atom is 0.326 e. The number of carbonyl (C=O) groups excluding carboxylic acids is 2. The minimum absolute atomic E-state index is 0.194. The predicted octanol–water partition coefficient (Wildman–Crippen LogP) is -0.333. The number of carboxylic acid groups (broad SMARTS) is 1. The van der Waals surface area contributed by atoms with Gasteiger partial charge in [-0.25, -0.2) is 4.79 Å². The minimum atomic E-state index is -1.11. The maximum atomic E-state index is 11.9. The number of carboxylic acids is 1. The summed E-state index contributed by atoms with van der Waals surface area (Å²) in [5.74, 6) is -1.85. The molecule has 4 N–H and O–H groups in total. The molecule has 0 radical (unpaired) electrons. The normalized spacial score (nSPS) is 18.2. The van der Waals surface area contributed by atoms with Gasteiger partial charge in [0.2, 0.25) is 11.8 Å². The molecule has 23 heavy (non-hydrogen) atoms. The van der Waals surface area contributed by atoms with E-state index in [-0.39, 0.29) is 24.9 Å². The number of hydrogen-bond acceptors (Lipinski definition) is 4. The lowest BCUT2D eigenvalue weighted by atomic mass is 10.1. The van der Waals surface area contributed by atoms with Gasteiger partial charge in [-0.1, -0.05) is 30.3 Å². The van der Waals surface area contributed by atoms with Crippen LogP contribution in [0.5, 0.6) is 0 Å². The van der Waals surface area contributed by atoms with E-state index in [1.165, 1.54) is 0 Å². The third kappa shape index (κ3) is 5.37. The van der Waals surface area contributed by atoms with Crippen molar-refractivity contribution in [1.82, 2.24) is 16.0 Å². The van der Waals surface area contributed by atoms with E-state index in [0.717, 1.165) is 24.9 Å². The smallest absolute Gasteiger partial charge is 0.326 e. The third-order valence-corrected chi connectivity index (χ3v) is 3.72. The van der Waals surface area contributed by atoms with Crippen LogP contribution in [-0.2, 0) is 20.8 Å². The second-order valence-corrected chi connectivity index (χ2v) is 5.51. The van der Waals surface area contributed by atoms with Gasteiger partial charge in [0.25, 0.3) is 0 Å². The van der Waals surface area contributed by atoms with Crippen molar-refractivity contribution in [3.8, 4) is 0 Å². The molecular weight excluding hydrogens is 298 g/mol. The molecule has 0 bridgehead atoms. The number of aliphatic carboxylic acids is 1. The first-order valence-electron chi connectivity index (χ1n) is 7.63. The highest BCUT2D eigenvalue weighted by Crippen LogP contribution is 2.05. The summed E-state index contributed by atoms with van der Waals surface area (Å²) in [5.41, 5.74) is 0.819. The molecule has 1 saturated heterocycles. The fraction of sp³-hybridized carbons (Fsp3) is 0.438. The molecule has 1 heterocycles. The molecule has 1 aromatic rings. The molecule has 7 nitrogen and oxygen atoms in total. The van der Waals surface area contributed by atoms with Crippen LogP contribution >= 0.6 is 0 Å². The van der Waals surface area contributed by atoms with Crippen molar-refractivity contribution in [2.75, 3.05) is 13.1 Å². The Morgan fingerprint density at radius 2 is 2.00 bits per heavy atom. The van der Waals surface area contributed by atoms with Crippen LogP contribution in [0.1, 0.15) is 18.4 Å². The molecule has 0 unspecified atom stereocenters. The Kier molecular flexibility index (Phi) is 6.10. The summed E-state index contributed by atoms with van der Waals surface area (Å²) in [5, 5.41) is 17.2. The van der Waals surface area contributed by atoms with Crippen molar-refractivity contribution >= 4 is 17.8 Å². The maximum absolute atomic E-state index is 11.9. The van der Waals surface area contributed by atoms with E-state index in [1.807, 2.05) is 18.2 Å². The van der Waals surface area contributed by atoms with E-state index in [9.17, 15) is 19.5 Å². The molecule has 2 rings (SSSR count). The van der Waals surface area contributed by atoms with Gasteiger partial charge in [-0.3, -0.25) is 9.59 Å². The van der Waals surface area contributed by atoms with Crippen molar-refractivity contribution in [2.45, 2.75) is 31.3 Å². The number of rotatable bonds is 7. The summed E-state index contributed by atoms with van der Waals surface area (Å²) in [6.45, 7) is 0.567. The van der Waals surface area contributed by atoms with Gasteiger partial charge >= 0.3 is 5.97 Å². The fourth-order valence-corrected chi connectivity index (χ4v) is 2.49. The van der Waals surface area contributed by atoms with Gasteiger partial charge in [0, 0.05) is 6.42 Å². The lowest BCUT2D eigenvalue weighted by Gasteiger charge is -2.16. The van der Waals surface area contributed by atoms with Crippen LogP contribution in [0, 0.1) is 0 Å². The molecule has 0 aliphatic carbocycles. The van der Waals surface area contributed by atoms with Gasteiger partial charge in [-0.15, -0.1) is 0 Å². The van der Waals surface area contributed by atoms with E-state index in [0.29, 0.717) is 0 Å². The largest absolute Gasteiger partial charge is 0.480 e. The van der Waals surface area contributed by atoms with E-state index in [4.69, 9.17) is 0 Å². The number of carbonyl (C=O) groups is 3. The SMILES string of the molecule is O=C(CNC(=O)[C@@H]1CCCN1)N[C@@H](Cc1ccccc1)C(=O)O. The van der Waals surface area contributed by atoms with Crippen LogP contribution < -0.4 is 16.0 Å². The van der Waals surface area contributed by atoms with E-state index >= 15 is 0 Å². The molecule has 2 atom stereocenters. The Balaban J connectivity index is 1.81. The highest BCUT2D eigenvalue weighted by atomic mass is 16.4. The van der Waals surface area contributed by atoms with Crippen molar-refractivity contribution < 1.29 is 19.5 Å². The molecule has 124 valence electrons.